The first kappa shape index (κ1) is 17.1. The highest BCUT2D eigenvalue weighted by Crippen LogP contribution is 2.41. The van der Waals surface area contributed by atoms with E-state index in [2.05, 4.69) is 10.2 Å². The van der Waals surface area contributed by atoms with Crippen LogP contribution >= 0.6 is 0 Å². The molecule has 0 aromatic carbocycles. The number of aromatic nitrogens is 4. The maximum atomic E-state index is 13.4. The Bertz CT molecular complexity index is 793. The molecule has 8 heteroatoms. The highest BCUT2D eigenvalue weighted by molar-refractivity contribution is 5.96. The third-order valence-corrected chi connectivity index (χ3v) is 5.34. The summed E-state index contributed by atoms with van der Waals surface area (Å²) in [4.78, 5) is 15.3. The number of methoxy groups -OCH3 is 1. The van der Waals surface area contributed by atoms with E-state index < -0.39 is 0 Å². The molecule has 0 bridgehead atoms. The molecule has 1 saturated heterocycles. The summed E-state index contributed by atoms with van der Waals surface area (Å²) < 4.78 is 9.22. The number of likely N-dealkylation sites (tertiary alicyclic amines) is 1. The zero-order valence-electron chi connectivity index (χ0n) is 15.3. The van der Waals surface area contributed by atoms with Crippen molar-refractivity contribution in [2.75, 3.05) is 19.4 Å². The first-order valence-electron chi connectivity index (χ1n) is 9.29. The van der Waals surface area contributed by atoms with Gasteiger partial charge in [-0.1, -0.05) is 0 Å². The fourth-order valence-corrected chi connectivity index (χ4v) is 3.74. The molecule has 4 rings (SSSR count). The van der Waals surface area contributed by atoms with Crippen molar-refractivity contribution in [1.29, 1.82) is 0 Å². The highest BCUT2D eigenvalue weighted by Gasteiger charge is 2.39. The van der Waals surface area contributed by atoms with E-state index >= 15 is 0 Å². The van der Waals surface area contributed by atoms with Crippen LogP contribution in [-0.2, 0) is 17.8 Å². The van der Waals surface area contributed by atoms with Gasteiger partial charge in [0.05, 0.1) is 29.9 Å². The largest absolute Gasteiger partial charge is 0.382 e. The molecular formula is C18H26N6O2. The van der Waals surface area contributed by atoms with Crippen LogP contribution in [0.3, 0.4) is 0 Å². The lowest BCUT2D eigenvalue weighted by Crippen LogP contribution is -2.38. The molecule has 2 aromatic rings. The molecule has 2 N–H and O–H groups in total. The lowest BCUT2D eigenvalue weighted by atomic mass is 10.1. The summed E-state index contributed by atoms with van der Waals surface area (Å²) in [5.74, 6) is 0.979. The van der Waals surface area contributed by atoms with E-state index in [0.29, 0.717) is 24.8 Å². The number of nitrogens with two attached hydrogens (primary N) is 1. The molecule has 140 valence electrons. The van der Waals surface area contributed by atoms with Gasteiger partial charge in [0.15, 0.2) is 0 Å². The van der Waals surface area contributed by atoms with Gasteiger partial charge in [0, 0.05) is 38.5 Å². The van der Waals surface area contributed by atoms with Crippen LogP contribution in [0.2, 0.25) is 0 Å². The van der Waals surface area contributed by atoms with Crippen molar-refractivity contribution in [1.82, 2.24) is 24.5 Å². The lowest BCUT2D eigenvalue weighted by Gasteiger charge is -2.24. The van der Waals surface area contributed by atoms with E-state index in [1.54, 1.807) is 17.9 Å². The quantitative estimate of drug-likeness (QED) is 0.845. The number of carbonyl (C=O) groups is 1. The zero-order chi connectivity index (χ0) is 18.3. The van der Waals surface area contributed by atoms with E-state index in [-0.39, 0.29) is 18.1 Å². The zero-order valence-corrected chi connectivity index (χ0v) is 15.3. The number of nitrogens with zero attached hydrogens (tertiary/aromatic N) is 5. The number of rotatable bonds is 6. The Balaban J connectivity index is 1.59. The maximum absolute atomic E-state index is 13.4. The summed E-state index contributed by atoms with van der Waals surface area (Å²) in [6, 6.07) is 1.80. The fraction of sp³-hybridized carbons (Fsp3) is 0.611. The van der Waals surface area contributed by atoms with Gasteiger partial charge in [0.25, 0.3) is 5.91 Å². The van der Waals surface area contributed by atoms with Gasteiger partial charge < -0.3 is 15.4 Å². The van der Waals surface area contributed by atoms with E-state index in [4.69, 9.17) is 10.5 Å². The third-order valence-electron chi connectivity index (χ3n) is 5.34. The van der Waals surface area contributed by atoms with Gasteiger partial charge in [-0.15, -0.1) is 0 Å². The number of hydrogen-bond acceptors (Lipinski definition) is 5. The van der Waals surface area contributed by atoms with Gasteiger partial charge in [0.2, 0.25) is 0 Å². The summed E-state index contributed by atoms with van der Waals surface area (Å²) in [7, 11) is 1.70. The van der Waals surface area contributed by atoms with Gasteiger partial charge in [-0.25, -0.2) is 0 Å². The van der Waals surface area contributed by atoms with Crippen molar-refractivity contribution in [3.8, 4) is 0 Å². The second-order valence-electron chi connectivity index (χ2n) is 7.23. The van der Waals surface area contributed by atoms with Crippen molar-refractivity contribution >= 4 is 11.7 Å². The number of hydrogen-bond donors (Lipinski definition) is 1. The Labute approximate surface area is 152 Å². The molecule has 26 heavy (non-hydrogen) atoms. The van der Waals surface area contributed by atoms with E-state index in [9.17, 15) is 4.79 Å². The van der Waals surface area contributed by atoms with E-state index in [1.165, 1.54) is 0 Å². The molecule has 2 fully saturated rings. The van der Waals surface area contributed by atoms with Crippen LogP contribution in [0.5, 0.6) is 0 Å². The molecule has 2 aliphatic rings. The Morgan fingerprint density at radius 1 is 1.35 bits per heavy atom. The smallest absolute Gasteiger partial charge is 0.257 e. The van der Waals surface area contributed by atoms with Crippen molar-refractivity contribution in [2.45, 2.75) is 57.3 Å². The number of carbonyl (C=O) groups excluding carboxylic acids is 1. The van der Waals surface area contributed by atoms with Gasteiger partial charge >= 0.3 is 0 Å². The first-order chi connectivity index (χ1) is 12.6. The topological polar surface area (TPSA) is 91.2 Å². The average molecular weight is 358 g/mol. The molecule has 1 aliphatic carbocycles. The monoisotopic (exact) mass is 358 g/mol. The molecule has 3 heterocycles. The predicted molar refractivity (Wildman–Crippen MR) is 96.8 cm³/mol. The lowest BCUT2D eigenvalue weighted by molar-refractivity contribution is 0.0677. The SMILES string of the molecule is CCn1cc(C(=O)N2C[C@@H](OC)C[C@H]2Cn2ccc(N)n2)c(C2CC2)n1. The highest BCUT2D eigenvalue weighted by atomic mass is 16.5. The second kappa shape index (κ2) is 6.75. The van der Waals surface area contributed by atoms with Crippen molar-refractivity contribution < 1.29 is 9.53 Å². The fourth-order valence-electron chi connectivity index (χ4n) is 3.74. The number of nitrogen functional groups attached to an aromatic ring is 1. The number of amides is 1. The van der Waals surface area contributed by atoms with E-state index in [1.807, 2.05) is 28.9 Å². The van der Waals surface area contributed by atoms with Crippen molar-refractivity contribution in [3.05, 3.63) is 29.7 Å². The molecular weight excluding hydrogens is 332 g/mol. The van der Waals surface area contributed by atoms with Gasteiger partial charge in [-0.3, -0.25) is 14.2 Å². The number of ether oxygens (including phenoxy) is 1. The molecule has 0 radical (unpaired) electrons. The van der Waals surface area contributed by atoms with E-state index in [0.717, 1.165) is 37.1 Å². The summed E-state index contributed by atoms with van der Waals surface area (Å²) in [6.45, 7) is 4.02. The van der Waals surface area contributed by atoms with Crippen LogP contribution in [0.1, 0.15) is 48.2 Å². The normalized spacial score (nSPS) is 22.9. The summed E-state index contributed by atoms with van der Waals surface area (Å²) >= 11 is 0. The standard InChI is InChI=1S/C18H26N6O2/c1-3-22-11-15(17(21-22)12-4-5-12)18(25)24-10-14(26-2)8-13(24)9-23-7-6-16(19)20-23/h6-7,11-14H,3-5,8-10H2,1-2H3,(H2,19,20)/t13-,14-/m0/s1. The Kier molecular flexibility index (Phi) is 4.44. The Hall–Kier alpha value is -2.35. The van der Waals surface area contributed by atoms with Crippen molar-refractivity contribution in [2.24, 2.45) is 0 Å². The molecule has 1 aliphatic heterocycles. The summed E-state index contributed by atoms with van der Waals surface area (Å²) in [5.41, 5.74) is 7.43. The van der Waals surface area contributed by atoms with Gasteiger partial charge in [-0.2, -0.15) is 10.2 Å². The first-order valence-corrected chi connectivity index (χ1v) is 9.29. The van der Waals surface area contributed by atoms with Gasteiger partial charge in [-0.05, 0) is 32.3 Å². The average Bonchev–Trinajstić information content (AvgIpc) is 3.07. The second-order valence-corrected chi connectivity index (χ2v) is 7.23. The summed E-state index contributed by atoms with van der Waals surface area (Å²) in [6.07, 6.45) is 6.84. The van der Waals surface area contributed by atoms with Crippen LogP contribution in [-0.4, -0.2) is 56.2 Å². The Morgan fingerprint density at radius 3 is 2.77 bits per heavy atom. The molecule has 8 nitrogen and oxygen atoms in total. The van der Waals surface area contributed by atoms with Crippen LogP contribution in [0.4, 0.5) is 5.82 Å². The number of anilines is 1. The minimum absolute atomic E-state index is 0.0313. The molecule has 0 unspecified atom stereocenters. The maximum Gasteiger partial charge on any atom is 0.257 e. The van der Waals surface area contributed by atoms with Gasteiger partial charge in [0.1, 0.15) is 5.82 Å². The van der Waals surface area contributed by atoms with Crippen LogP contribution in [0.25, 0.3) is 0 Å². The predicted octanol–water partition coefficient (Wildman–Crippen LogP) is 1.49. The molecule has 0 spiro atoms. The number of aryl methyl sites for hydroxylation is 1. The van der Waals surface area contributed by atoms with Crippen LogP contribution < -0.4 is 5.73 Å². The molecule has 2 atom stereocenters. The third kappa shape index (κ3) is 3.21. The Morgan fingerprint density at radius 2 is 2.15 bits per heavy atom. The molecule has 1 amide bonds. The molecule has 1 saturated carbocycles. The minimum atomic E-state index is 0.0313. The van der Waals surface area contributed by atoms with Crippen LogP contribution in [0, 0.1) is 0 Å². The summed E-state index contributed by atoms with van der Waals surface area (Å²) in [5, 5.41) is 8.90. The molecule has 2 aromatic heterocycles. The van der Waals surface area contributed by atoms with Crippen LogP contribution in [0.15, 0.2) is 18.5 Å². The minimum Gasteiger partial charge on any atom is -0.382 e. The van der Waals surface area contributed by atoms with Crippen molar-refractivity contribution in [3.63, 3.8) is 0 Å².